The van der Waals surface area contributed by atoms with Gasteiger partial charge in [0.05, 0.1) is 0 Å². The van der Waals surface area contributed by atoms with Crippen molar-refractivity contribution in [1.29, 1.82) is 0 Å². The summed E-state index contributed by atoms with van der Waals surface area (Å²) < 4.78 is 11.0. The molecular formula is C17H25NO3. The maximum Gasteiger partial charge on any atom is 0.188 e. The Morgan fingerprint density at radius 3 is 2.62 bits per heavy atom. The second-order valence-electron chi connectivity index (χ2n) is 5.92. The fraction of sp³-hybridized carbons (Fsp3) is 0.588. The summed E-state index contributed by atoms with van der Waals surface area (Å²) in [5, 5.41) is 0. The summed E-state index contributed by atoms with van der Waals surface area (Å²) in [6, 6.07) is 7.50. The van der Waals surface area contributed by atoms with Crippen LogP contribution < -0.4 is 5.73 Å². The number of ketones is 1. The molecule has 1 aliphatic rings. The first-order valence-electron chi connectivity index (χ1n) is 7.70. The highest BCUT2D eigenvalue weighted by molar-refractivity contribution is 5.97. The number of Topliss-reactive ketones (excluding diaryl/α,β-unsaturated/α-hetero) is 1. The lowest BCUT2D eigenvalue weighted by molar-refractivity contribution is -0.155. The highest BCUT2D eigenvalue weighted by atomic mass is 16.7. The number of rotatable bonds is 6. The van der Waals surface area contributed by atoms with Gasteiger partial charge in [0.2, 0.25) is 0 Å². The van der Waals surface area contributed by atoms with Crippen molar-refractivity contribution >= 4 is 5.78 Å². The zero-order valence-electron chi connectivity index (χ0n) is 12.9. The lowest BCUT2D eigenvalue weighted by Gasteiger charge is -2.22. The van der Waals surface area contributed by atoms with Crippen molar-refractivity contribution < 1.29 is 14.3 Å². The lowest BCUT2D eigenvalue weighted by atomic mass is 9.96. The zero-order valence-corrected chi connectivity index (χ0v) is 12.9. The molecule has 0 aromatic heterocycles. The van der Waals surface area contributed by atoms with E-state index in [0.29, 0.717) is 11.5 Å². The van der Waals surface area contributed by atoms with Gasteiger partial charge in [-0.25, -0.2) is 0 Å². The molecule has 1 aliphatic heterocycles. The molecule has 21 heavy (non-hydrogen) atoms. The van der Waals surface area contributed by atoms with Crippen LogP contribution in [0.15, 0.2) is 24.3 Å². The van der Waals surface area contributed by atoms with Crippen LogP contribution in [0.3, 0.4) is 0 Å². The van der Waals surface area contributed by atoms with Crippen LogP contribution in [0.2, 0.25) is 0 Å². The van der Waals surface area contributed by atoms with Gasteiger partial charge < -0.3 is 15.2 Å². The minimum absolute atomic E-state index is 0.000964. The van der Waals surface area contributed by atoms with Gasteiger partial charge in [0, 0.05) is 18.2 Å². The molecule has 0 amide bonds. The zero-order chi connectivity index (χ0) is 15.2. The second kappa shape index (κ2) is 7.69. The molecule has 1 heterocycles. The van der Waals surface area contributed by atoms with Crippen molar-refractivity contribution in [3.05, 3.63) is 35.4 Å². The Kier molecular flexibility index (Phi) is 5.91. The predicted molar refractivity (Wildman–Crippen MR) is 82.1 cm³/mol. The average molecular weight is 291 g/mol. The largest absolute Gasteiger partial charge is 0.353 e. The summed E-state index contributed by atoms with van der Waals surface area (Å²) in [5.74, 6) is 0.354. The van der Waals surface area contributed by atoms with Gasteiger partial charge in [-0.1, -0.05) is 38.1 Å². The van der Waals surface area contributed by atoms with E-state index in [1.165, 1.54) is 0 Å². The van der Waals surface area contributed by atoms with E-state index >= 15 is 0 Å². The molecule has 1 saturated heterocycles. The summed E-state index contributed by atoms with van der Waals surface area (Å²) in [7, 11) is 0. The Hall–Kier alpha value is -1.23. The molecule has 0 saturated carbocycles. The summed E-state index contributed by atoms with van der Waals surface area (Å²) in [5.41, 5.74) is 7.81. The minimum Gasteiger partial charge on any atom is -0.353 e. The van der Waals surface area contributed by atoms with E-state index in [2.05, 4.69) is 13.8 Å². The number of hydrogen-bond donors (Lipinski definition) is 1. The maximum atomic E-state index is 12.1. The number of hydrogen-bond acceptors (Lipinski definition) is 4. The quantitative estimate of drug-likeness (QED) is 0.818. The van der Waals surface area contributed by atoms with Crippen LogP contribution in [0.1, 0.15) is 55.1 Å². The van der Waals surface area contributed by atoms with Crippen LogP contribution in [0.5, 0.6) is 0 Å². The monoisotopic (exact) mass is 291 g/mol. The normalized spacial score (nSPS) is 20.5. The first-order valence-corrected chi connectivity index (χ1v) is 7.70. The van der Waals surface area contributed by atoms with Crippen LogP contribution >= 0.6 is 0 Å². The lowest BCUT2D eigenvalue weighted by Crippen LogP contribution is -2.25. The average Bonchev–Trinajstić information content (AvgIpc) is 2.53. The first-order chi connectivity index (χ1) is 10.1. The third-order valence-corrected chi connectivity index (χ3v) is 3.87. The topological polar surface area (TPSA) is 61.6 Å². The van der Waals surface area contributed by atoms with E-state index < -0.39 is 0 Å². The Morgan fingerprint density at radius 1 is 1.33 bits per heavy atom. The number of carbonyl (C=O) groups is 1. The van der Waals surface area contributed by atoms with Crippen LogP contribution in [0, 0.1) is 5.92 Å². The molecule has 4 nitrogen and oxygen atoms in total. The van der Waals surface area contributed by atoms with Crippen molar-refractivity contribution in [2.24, 2.45) is 11.7 Å². The summed E-state index contributed by atoms with van der Waals surface area (Å²) in [4.78, 5) is 12.1. The fourth-order valence-corrected chi connectivity index (χ4v) is 2.37. The SMILES string of the molecule is CC(C)C(N)c1ccc(C(=O)COC2CCCCO2)cc1. The molecule has 1 fully saturated rings. The number of nitrogens with two attached hydrogens (primary N) is 1. The Balaban J connectivity index is 1.87. The standard InChI is InChI=1S/C17H25NO3/c1-12(2)17(18)14-8-6-13(7-9-14)15(19)11-21-16-5-3-4-10-20-16/h6-9,12,16-17H,3-5,10-11,18H2,1-2H3. The highest BCUT2D eigenvalue weighted by Crippen LogP contribution is 2.19. The van der Waals surface area contributed by atoms with Crippen molar-refractivity contribution in [3.63, 3.8) is 0 Å². The third-order valence-electron chi connectivity index (χ3n) is 3.87. The molecule has 0 spiro atoms. The van der Waals surface area contributed by atoms with Gasteiger partial charge >= 0.3 is 0 Å². The molecule has 4 heteroatoms. The molecule has 0 aliphatic carbocycles. The van der Waals surface area contributed by atoms with E-state index in [-0.39, 0.29) is 24.7 Å². The second-order valence-corrected chi connectivity index (χ2v) is 5.92. The molecule has 2 rings (SSSR count). The van der Waals surface area contributed by atoms with Gasteiger partial charge in [-0.15, -0.1) is 0 Å². The summed E-state index contributed by atoms with van der Waals surface area (Å²) in [6.45, 7) is 4.96. The number of ether oxygens (including phenoxy) is 2. The van der Waals surface area contributed by atoms with Gasteiger partial charge in [0.25, 0.3) is 0 Å². The number of benzene rings is 1. The fourth-order valence-electron chi connectivity index (χ4n) is 2.37. The van der Waals surface area contributed by atoms with Crippen molar-refractivity contribution in [3.8, 4) is 0 Å². The Labute approximate surface area is 126 Å². The van der Waals surface area contributed by atoms with Crippen LogP contribution in [-0.2, 0) is 9.47 Å². The van der Waals surface area contributed by atoms with E-state index in [0.717, 1.165) is 31.4 Å². The molecule has 116 valence electrons. The van der Waals surface area contributed by atoms with Crippen LogP contribution in [0.25, 0.3) is 0 Å². The van der Waals surface area contributed by atoms with E-state index in [9.17, 15) is 4.79 Å². The van der Waals surface area contributed by atoms with Crippen LogP contribution in [0.4, 0.5) is 0 Å². The summed E-state index contributed by atoms with van der Waals surface area (Å²) >= 11 is 0. The molecule has 2 unspecified atom stereocenters. The van der Waals surface area contributed by atoms with Gasteiger partial charge in [0.15, 0.2) is 12.1 Å². The van der Waals surface area contributed by atoms with Gasteiger partial charge in [-0.05, 0) is 30.7 Å². The van der Waals surface area contributed by atoms with Crippen molar-refractivity contribution in [2.45, 2.75) is 45.4 Å². The van der Waals surface area contributed by atoms with Gasteiger partial charge in [0.1, 0.15) is 6.61 Å². The van der Waals surface area contributed by atoms with E-state index in [1.54, 1.807) is 0 Å². The summed E-state index contributed by atoms with van der Waals surface area (Å²) in [6.07, 6.45) is 2.82. The first kappa shape index (κ1) is 16.1. The molecule has 2 N–H and O–H groups in total. The van der Waals surface area contributed by atoms with Crippen molar-refractivity contribution in [1.82, 2.24) is 0 Å². The molecule has 0 bridgehead atoms. The van der Waals surface area contributed by atoms with Crippen LogP contribution in [-0.4, -0.2) is 25.3 Å². The van der Waals surface area contributed by atoms with E-state index in [1.807, 2.05) is 24.3 Å². The highest BCUT2D eigenvalue weighted by Gasteiger charge is 2.17. The third kappa shape index (κ3) is 4.63. The van der Waals surface area contributed by atoms with Gasteiger partial charge in [-0.3, -0.25) is 4.79 Å². The van der Waals surface area contributed by atoms with Crippen molar-refractivity contribution in [2.75, 3.05) is 13.2 Å². The molecular weight excluding hydrogens is 266 g/mol. The smallest absolute Gasteiger partial charge is 0.188 e. The van der Waals surface area contributed by atoms with Gasteiger partial charge in [-0.2, -0.15) is 0 Å². The molecule has 0 radical (unpaired) electrons. The molecule has 1 aromatic carbocycles. The molecule has 1 aromatic rings. The minimum atomic E-state index is -0.226. The Bertz CT molecular complexity index is 450. The number of carbonyl (C=O) groups excluding carboxylic acids is 1. The molecule has 2 atom stereocenters. The Morgan fingerprint density at radius 2 is 2.05 bits per heavy atom. The van der Waals surface area contributed by atoms with E-state index in [4.69, 9.17) is 15.2 Å². The maximum absolute atomic E-state index is 12.1. The predicted octanol–water partition coefficient (Wildman–Crippen LogP) is 3.07.